The van der Waals surface area contributed by atoms with E-state index in [1.807, 2.05) is 6.92 Å². The van der Waals surface area contributed by atoms with Crippen LogP contribution in [0.2, 0.25) is 0 Å². The Balaban J connectivity index is 1.29. The summed E-state index contributed by atoms with van der Waals surface area (Å²) in [7, 11) is 2.91. The first kappa shape index (κ1) is 30.2. The molecule has 13 nitrogen and oxygen atoms in total. The van der Waals surface area contributed by atoms with Crippen LogP contribution in [0.15, 0.2) is 18.2 Å². The van der Waals surface area contributed by atoms with Gasteiger partial charge in [0.15, 0.2) is 30.4 Å². The van der Waals surface area contributed by atoms with Crippen molar-refractivity contribution in [2.45, 2.75) is 81.9 Å². The fourth-order valence-corrected chi connectivity index (χ4v) is 7.60. The van der Waals surface area contributed by atoms with E-state index in [0.717, 1.165) is 0 Å². The van der Waals surface area contributed by atoms with E-state index in [1.54, 1.807) is 13.2 Å². The second-order valence-corrected chi connectivity index (χ2v) is 12.3. The van der Waals surface area contributed by atoms with Crippen molar-refractivity contribution in [2.75, 3.05) is 27.4 Å². The molecular formula is C32H35NO12. The summed E-state index contributed by atoms with van der Waals surface area (Å²) in [5, 5.41) is 34.8. The quantitative estimate of drug-likeness (QED) is 0.351. The molecule has 2 aliphatic carbocycles. The molecule has 45 heavy (non-hydrogen) atoms. The number of ketones is 3. The Morgan fingerprint density at radius 2 is 1.82 bits per heavy atom. The van der Waals surface area contributed by atoms with Crippen LogP contribution >= 0.6 is 0 Å². The van der Waals surface area contributed by atoms with E-state index < -0.39 is 77.4 Å². The van der Waals surface area contributed by atoms with Gasteiger partial charge < -0.3 is 43.7 Å². The highest BCUT2D eigenvalue weighted by Crippen LogP contribution is 2.53. The van der Waals surface area contributed by atoms with Gasteiger partial charge in [-0.05, 0) is 19.9 Å². The fraction of sp³-hybridized carbons (Fsp3) is 0.531. The molecule has 3 saturated heterocycles. The summed E-state index contributed by atoms with van der Waals surface area (Å²) in [5.74, 6) is -3.01. The number of phenolic OH excluding ortho intramolecular Hbond substituents is 2. The standard InChI is InChI=1S/C32H35NO12/c1-13-29-17(33-8-9-42-31(41-4)30(33)45-29)10-20(43-13)44-19-12-32(39,14(2)34)11-16-22(19)28(38)24-23(26(16)36)25(35)15-6-5-7-18(40-3)21(15)27(24)37/h5-7,13,17,19-20,29-31,36,38-39H,8-12H2,1-4H3/t13-,17-,19-,20-,29+,30+,31-,32-/m0/s1. The largest absolute Gasteiger partial charge is 0.507 e. The molecule has 0 amide bonds. The predicted molar refractivity (Wildman–Crippen MR) is 152 cm³/mol. The minimum atomic E-state index is -1.99. The Bertz CT molecular complexity index is 1610. The van der Waals surface area contributed by atoms with Gasteiger partial charge in [-0.25, -0.2) is 0 Å². The molecule has 0 aromatic heterocycles. The van der Waals surface area contributed by atoms with Crippen molar-refractivity contribution < 1.29 is 58.1 Å². The number of aromatic hydroxyl groups is 2. The molecule has 0 spiro atoms. The van der Waals surface area contributed by atoms with Gasteiger partial charge in [-0.15, -0.1) is 0 Å². The normalized spacial score (nSPS) is 33.9. The highest BCUT2D eigenvalue weighted by atomic mass is 16.7. The number of carbonyl (C=O) groups is 3. The first-order chi connectivity index (χ1) is 21.5. The Morgan fingerprint density at radius 3 is 2.53 bits per heavy atom. The van der Waals surface area contributed by atoms with E-state index in [-0.39, 0.29) is 52.1 Å². The Labute approximate surface area is 258 Å². The molecule has 240 valence electrons. The lowest BCUT2D eigenvalue weighted by molar-refractivity contribution is -0.256. The molecule has 0 bridgehead atoms. The average Bonchev–Trinajstić information content (AvgIpc) is 3.40. The number of morpholine rings is 1. The summed E-state index contributed by atoms with van der Waals surface area (Å²) in [6, 6.07) is 4.37. The topological polar surface area (TPSA) is 171 Å². The summed E-state index contributed by atoms with van der Waals surface area (Å²) in [5.41, 5.74) is -2.84. The third-order valence-corrected chi connectivity index (χ3v) is 9.84. The molecule has 3 aliphatic heterocycles. The van der Waals surface area contributed by atoms with Crippen LogP contribution in [0.5, 0.6) is 17.2 Å². The zero-order valence-electron chi connectivity index (χ0n) is 25.3. The molecule has 5 aliphatic rings. The van der Waals surface area contributed by atoms with Crippen molar-refractivity contribution in [1.29, 1.82) is 0 Å². The van der Waals surface area contributed by atoms with Crippen LogP contribution in [0.4, 0.5) is 0 Å². The van der Waals surface area contributed by atoms with Gasteiger partial charge in [0.25, 0.3) is 0 Å². The third-order valence-electron chi connectivity index (χ3n) is 9.84. The number of benzene rings is 2. The van der Waals surface area contributed by atoms with Crippen molar-refractivity contribution in [3.8, 4) is 17.2 Å². The number of rotatable bonds is 5. The van der Waals surface area contributed by atoms with Crippen molar-refractivity contribution in [1.82, 2.24) is 4.90 Å². The highest BCUT2D eigenvalue weighted by Gasteiger charge is 2.55. The Hall–Kier alpha value is -3.43. The number of aliphatic hydroxyl groups is 1. The number of carbonyl (C=O) groups excluding carboxylic acids is 3. The second kappa shape index (κ2) is 10.8. The van der Waals surface area contributed by atoms with Crippen molar-refractivity contribution in [2.24, 2.45) is 0 Å². The minimum absolute atomic E-state index is 0.00185. The van der Waals surface area contributed by atoms with Crippen LogP contribution in [0, 0.1) is 0 Å². The number of hydrogen-bond donors (Lipinski definition) is 3. The van der Waals surface area contributed by atoms with E-state index in [0.29, 0.717) is 19.6 Å². The zero-order valence-corrected chi connectivity index (χ0v) is 25.3. The average molecular weight is 626 g/mol. The lowest BCUT2D eigenvalue weighted by Crippen LogP contribution is -2.55. The van der Waals surface area contributed by atoms with Crippen LogP contribution in [0.25, 0.3) is 0 Å². The van der Waals surface area contributed by atoms with Gasteiger partial charge >= 0.3 is 0 Å². The maximum absolute atomic E-state index is 13.9. The van der Waals surface area contributed by atoms with Crippen LogP contribution in [-0.4, -0.2) is 108 Å². The van der Waals surface area contributed by atoms with E-state index in [9.17, 15) is 29.7 Å². The summed E-state index contributed by atoms with van der Waals surface area (Å²) in [6.07, 6.45) is -4.14. The van der Waals surface area contributed by atoms with Gasteiger partial charge in [0.1, 0.15) is 29.0 Å². The van der Waals surface area contributed by atoms with E-state index in [4.69, 9.17) is 28.4 Å². The van der Waals surface area contributed by atoms with Crippen LogP contribution in [0.3, 0.4) is 0 Å². The third kappa shape index (κ3) is 4.44. The summed E-state index contributed by atoms with van der Waals surface area (Å²) < 4.78 is 35.4. The minimum Gasteiger partial charge on any atom is -0.507 e. The molecular weight excluding hydrogens is 590 g/mol. The van der Waals surface area contributed by atoms with Gasteiger partial charge in [0, 0.05) is 55.6 Å². The Morgan fingerprint density at radius 1 is 1.07 bits per heavy atom. The molecule has 0 radical (unpaired) electrons. The predicted octanol–water partition coefficient (Wildman–Crippen LogP) is 1.74. The van der Waals surface area contributed by atoms with Gasteiger partial charge in [-0.1, -0.05) is 12.1 Å². The molecule has 3 heterocycles. The number of nitrogens with zero attached hydrogens (tertiary/aromatic N) is 1. The molecule has 2 aromatic carbocycles. The number of hydrogen-bond acceptors (Lipinski definition) is 13. The van der Waals surface area contributed by atoms with Crippen molar-refractivity contribution >= 4 is 17.3 Å². The summed E-state index contributed by atoms with van der Waals surface area (Å²) in [6.45, 7) is 4.12. The van der Waals surface area contributed by atoms with Crippen molar-refractivity contribution in [3.05, 3.63) is 51.6 Å². The number of fused-ring (bicyclic) bond motifs is 6. The maximum atomic E-state index is 13.9. The molecule has 8 atom stereocenters. The lowest BCUT2D eigenvalue weighted by atomic mass is 9.72. The van der Waals surface area contributed by atoms with Gasteiger partial charge in [-0.2, -0.15) is 0 Å². The number of phenols is 2. The first-order valence-corrected chi connectivity index (χ1v) is 15.0. The number of Topliss-reactive ketones (excluding diaryl/α,β-unsaturated/α-hetero) is 1. The number of ether oxygens (including phenoxy) is 6. The summed E-state index contributed by atoms with van der Waals surface area (Å²) in [4.78, 5) is 42.5. The van der Waals surface area contributed by atoms with Gasteiger partial charge in [0.2, 0.25) is 5.78 Å². The van der Waals surface area contributed by atoms with Gasteiger partial charge in [0.05, 0.1) is 42.6 Å². The molecule has 3 fully saturated rings. The smallest absolute Gasteiger partial charge is 0.202 e. The monoisotopic (exact) mass is 625 g/mol. The van der Waals surface area contributed by atoms with Crippen molar-refractivity contribution in [3.63, 3.8) is 0 Å². The van der Waals surface area contributed by atoms with Crippen LogP contribution in [0.1, 0.15) is 75.8 Å². The van der Waals surface area contributed by atoms with E-state index in [1.165, 1.54) is 26.2 Å². The van der Waals surface area contributed by atoms with Crippen LogP contribution < -0.4 is 4.74 Å². The SMILES string of the molecule is COc1cccc2c1C(=O)c1c(O)c3c(c(O)c1C2=O)C[C@@](O)(C(C)=O)C[C@@H]3O[C@H]1C[C@H]2[C@H](O[C@@H]3[C@@H](OC)OCCN32)[C@H](C)O1. The second-order valence-electron chi connectivity index (χ2n) is 12.3. The summed E-state index contributed by atoms with van der Waals surface area (Å²) >= 11 is 0. The fourth-order valence-electron chi connectivity index (χ4n) is 7.60. The number of methoxy groups -OCH3 is 2. The highest BCUT2D eigenvalue weighted by molar-refractivity contribution is 6.31. The molecule has 13 heteroatoms. The zero-order chi connectivity index (χ0) is 31.9. The maximum Gasteiger partial charge on any atom is 0.202 e. The van der Waals surface area contributed by atoms with E-state index >= 15 is 0 Å². The van der Waals surface area contributed by atoms with Gasteiger partial charge in [-0.3, -0.25) is 19.3 Å². The lowest BCUT2D eigenvalue weighted by Gasteiger charge is -2.43. The molecule has 0 unspecified atom stereocenters. The van der Waals surface area contributed by atoms with E-state index in [2.05, 4.69) is 4.90 Å². The molecule has 0 saturated carbocycles. The molecule has 3 N–H and O–H groups in total. The molecule has 2 aromatic rings. The Kier molecular flexibility index (Phi) is 7.28. The van der Waals surface area contributed by atoms with Crippen LogP contribution in [-0.2, 0) is 34.9 Å². The first-order valence-electron chi connectivity index (χ1n) is 15.0. The molecule has 7 rings (SSSR count).